The van der Waals surface area contributed by atoms with Crippen molar-refractivity contribution >= 4 is 12.0 Å². The van der Waals surface area contributed by atoms with Crippen LogP contribution in [0.1, 0.15) is 39.5 Å². The Balaban J connectivity index is 2.35. The highest BCUT2D eigenvalue weighted by Gasteiger charge is 2.25. The minimum Gasteiger partial charge on any atom is -0.480 e. The maximum absolute atomic E-state index is 11.7. The molecular formula is C14H24N2O3. The molecule has 0 aliphatic heterocycles. The van der Waals surface area contributed by atoms with Gasteiger partial charge in [0.15, 0.2) is 0 Å². The molecule has 0 fully saturated rings. The fourth-order valence-electron chi connectivity index (χ4n) is 2.15. The van der Waals surface area contributed by atoms with Gasteiger partial charge >= 0.3 is 12.0 Å². The molecule has 0 radical (unpaired) electrons. The molecule has 3 unspecified atom stereocenters. The Kier molecular flexibility index (Phi) is 6.39. The van der Waals surface area contributed by atoms with E-state index in [0.29, 0.717) is 18.9 Å². The van der Waals surface area contributed by atoms with Gasteiger partial charge in [0.25, 0.3) is 0 Å². The van der Waals surface area contributed by atoms with Crippen LogP contribution in [0.2, 0.25) is 0 Å². The third kappa shape index (κ3) is 5.32. The van der Waals surface area contributed by atoms with E-state index in [9.17, 15) is 9.59 Å². The Bertz CT molecular complexity index is 342. The summed E-state index contributed by atoms with van der Waals surface area (Å²) in [6, 6.07) is -1.21. The van der Waals surface area contributed by atoms with Gasteiger partial charge in [0.05, 0.1) is 0 Å². The summed E-state index contributed by atoms with van der Waals surface area (Å²) in [4.78, 5) is 22.8. The largest absolute Gasteiger partial charge is 0.480 e. The van der Waals surface area contributed by atoms with Gasteiger partial charge in [-0.05, 0) is 31.1 Å². The molecule has 0 aromatic carbocycles. The van der Waals surface area contributed by atoms with Crippen LogP contribution in [0.3, 0.4) is 0 Å². The molecule has 5 heteroatoms. The number of amides is 2. The van der Waals surface area contributed by atoms with Crippen LogP contribution in [-0.4, -0.2) is 29.7 Å². The van der Waals surface area contributed by atoms with Crippen LogP contribution >= 0.6 is 0 Å². The number of carbonyl (C=O) groups is 2. The molecule has 0 spiro atoms. The number of rotatable bonds is 6. The maximum Gasteiger partial charge on any atom is 0.326 e. The molecule has 0 bridgehead atoms. The molecule has 0 heterocycles. The summed E-state index contributed by atoms with van der Waals surface area (Å²) < 4.78 is 0. The fourth-order valence-corrected chi connectivity index (χ4v) is 2.15. The number of carboxylic acid groups (broad SMARTS) is 1. The van der Waals surface area contributed by atoms with Crippen molar-refractivity contribution in [1.82, 2.24) is 10.6 Å². The second-order valence-electron chi connectivity index (χ2n) is 5.21. The third-order valence-corrected chi connectivity index (χ3v) is 3.69. The van der Waals surface area contributed by atoms with Crippen LogP contribution in [0.15, 0.2) is 12.2 Å². The molecule has 19 heavy (non-hydrogen) atoms. The lowest BCUT2D eigenvalue weighted by molar-refractivity contribution is -0.140. The lowest BCUT2D eigenvalue weighted by atomic mass is 9.94. The molecule has 108 valence electrons. The summed E-state index contributed by atoms with van der Waals surface area (Å²) >= 11 is 0. The first-order valence-corrected chi connectivity index (χ1v) is 6.96. The van der Waals surface area contributed by atoms with Gasteiger partial charge in [0, 0.05) is 6.54 Å². The molecular weight excluding hydrogens is 244 g/mol. The summed E-state index contributed by atoms with van der Waals surface area (Å²) in [5.41, 5.74) is 0. The normalized spacial score (nSPS) is 21.5. The van der Waals surface area contributed by atoms with Crippen LogP contribution in [0.4, 0.5) is 4.79 Å². The zero-order valence-corrected chi connectivity index (χ0v) is 11.7. The molecule has 1 rings (SSSR count). The van der Waals surface area contributed by atoms with E-state index in [4.69, 9.17) is 5.11 Å². The van der Waals surface area contributed by atoms with E-state index in [2.05, 4.69) is 22.8 Å². The zero-order chi connectivity index (χ0) is 14.3. The third-order valence-electron chi connectivity index (χ3n) is 3.69. The lowest BCUT2D eigenvalue weighted by Crippen LogP contribution is -2.49. The molecule has 0 aromatic rings. The fraction of sp³-hybridized carbons (Fsp3) is 0.714. The molecule has 5 nitrogen and oxygen atoms in total. The lowest BCUT2D eigenvalue weighted by Gasteiger charge is -2.22. The van der Waals surface area contributed by atoms with E-state index < -0.39 is 12.0 Å². The van der Waals surface area contributed by atoms with Crippen molar-refractivity contribution in [2.45, 2.75) is 45.6 Å². The summed E-state index contributed by atoms with van der Waals surface area (Å²) in [5, 5.41) is 14.4. The first-order valence-electron chi connectivity index (χ1n) is 6.96. The van der Waals surface area contributed by atoms with E-state index in [1.807, 2.05) is 13.8 Å². The number of urea groups is 1. The Morgan fingerprint density at radius 1 is 1.42 bits per heavy atom. The SMILES string of the molecule is CCC(C)C(NC(=O)NCC1CC=CCC1)C(=O)O. The van der Waals surface area contributed by atoms with Gasteiger partial charge in [-0.25, -0.2) is 9.59 Å². The number of aliphatic carboxylic acids is 1. The molecule has 0 aromatic heterocycles. The molecule has 0 saturated carbocycles. The van der Waals surface area contributed by atoms with Crippen molar-refractivity contribution in [2.24, 2.45) is 11.8 Å². The molecule has 1 aliphatic rings. The van der Waals surface area contributed by atoms with E-state index in [-0.39, 0.29) is 11.9 Å². The second kappa shape index (κ2) is 7.81. The number of allylic oxidation sites excluding steroid dienone is 2. The predicted molar refractivity (Wildman–Crippen MR) is 73.9 cm³/mol. The minimum atomic E-state index is -0.981. The van der Waals surface area contributed by atoms with Crippen LogP contribution in [-0.2, 0) is 4.79 Å². The van der Waals surface area contributed by atoms with Gasteiger partial charge in [-0.3, -0.25) is 0 Å². The minimum absolute atomic E-state index is 0.0825. The highest BCUT2D eigenvalue weighted by molar-refractivity contribution is 5.82. The van der Waals surface area contributed by atoms with Crippen LogP contribution in [0.5, 0.6) is 0 Å². The topological polar surface area (TPSA) is 78.4 Å². The first kappa shape index (κ1) is 15.5. The van der Waals surface area contributed by atoms with Gasteiger partial charge in [0.2, 0.25) is 0 Å². The molecule has 0 saturated heterocycles. The molecule has 1 aliphatic carbocycles. The van der Waals surface area contributed by atoms with Crippen LogP contribution in [0, 0.1) is 11.8 Å². The summed E-state index contributed by atoms with van der Waals surface area (Å²) in [6.45, 7) is 4.34. The maximum atomic E-state index is 11.7. The Hall–Kier alpha value is -1.52. The van der Waals surface area contributed by atoms with Crippen molar-refractivity contribution in [1.29, 1.82) is 0 Å². The Morgan fingerprint density at radius 2 is 2.16 bits per heavy atom. The number of nitrogens with one attached hydrogen (secondary N) is 2. The average molecular weight is 268 g/mol. The highest BCUT2D eigenvalue weighted by atomic mass is 16.4. The van der Waals surface area contributed by atoms with Gasteiger partial charge in [-0.2, -0.15) is 0 Å². The van der Waals surface area contributed by atoms with Gasteiger partial charge in [-0.15, -0.1) is 0 Å². The van der Waals surface area contributed by atoms with Gasteiger partial charge in [-0.1, -0.05) is 32.4 Å². The number of hydrogen-bond donors (Lipinski definition) is 3. The molecule has 2 amide bonds. The van der Waals surface area contributed by atoms with E-state index >= 15 is 0 Å². The number of carboxylic acids is 1. The standard InChI is InChI=1S/C14H24N2O3/c1-3-10(2)12(13(17)18)16-14(19)15-9-11-7-5-4-6-8-11/h4-5,10-12H,3,6-9H2,1-2H3,(H,17,18)(H2,15,16,19). The van der Waals surface area contributed by atoms with Gasteiger partial charge in [0.1, 0.15) is 6.04 Å². The quantitative estimate of drug-likeness (QED) is 0.646. The van der Waals surface area contributed by atoms with Crippen molar-refractivity contribution in [3.8, 4) is 0 Å². The highest BCUT2D eigenvalue weighted by Crippen LogP contribution is 2.16. The van der Waals surface area contributed by atoms with E-state index in [1.54, 1.807) is 0 Å². The average Bonchev–Trinajstić information content (AvgIpc) is 2.42. The first-order chi connectivity index (χ1) is 9.04. The van der Waals surface area contributed by atoms with Crippen LogP contribution in [0.25, 0.3) is 0 Å². The van der Waals surface area contributed by atoms with E-state index in [0.717, 1.165) is 19.3 Å². The predicted octanol–water partition coefficient (Wildman–Crippen LogP) is 2.14. The Morgan fingerprint density at radius 3 is 2.68 bits per heavy atom. The summed E-state index contributed by atoms with van der Waals surface area (Å²) in [5.74, 6) is -0.603. The Labute approximate surface area is 114 Å². The second-order valence-corrected chi connectivity index (χ2v) is 5.21. The van der Waals surface area contributed by atoms with E-state index in [1.165, 1.54) is 0 Å². The van der Waals surface area contributed by atoms with Gasteiger partial charge < -0.3 is 15.7 Å². The molecule has 3 N–H and O–H groups in total. The van der Waals surface area contributed by atoms with Crippen molar-refractivity contribution < 1.29 is 14.7 Å². The summed E-state index contributed by atoms with van der Waals surface area (Å²) in [6.07, 6.45) is 8.11. The number of hydrogen-bond acceptors (Lipinski definition) is 2. The van der Waals surface area contributed by atoms with Crippen molar-refractivity contribution in [2.75, 3.05) is 6.54 Å². The van der Waals surface area contributed by atoms with Crippen molar-refractivity contribution in [3.05, 3.63) is 12.2 Å². The number of carbonyl (C=O) groups excluding carboxylic acids is 1. The zero-order valence-electron chi connectivity index (χ0n) is 11.7. The van der Waals surface area contributed by atoms with Crippen molar-refractivity contribution in [3.63, 3.8) is 0 Å². The molecule has 3 atom stereocenters. The summed E-state index contributed by atoms with van der Waals surface area (Å²) in [7, 11) is 0. The van der Waals surface area contributed by atoms with Crippen LogP contribution < -0.4 is 10.6 Å². The smallest absolute Gasteiger partial charge is 0.326 e. The monoisotopic (exact) mass is 268 g/mol.